The van der Waals surface area contributed by atoms with Gasteiger partial charge in [-0.1, -0.05) is 12.1 Å². The number of hydrogen-bond acceptors (Lipinski definition) is 3. The highest BCUT2D eigenvalue weighted by Gasteiger charge is 2.25. The van der Waals surface area contributed by atoms with E-state index >= 15 is 0 Å². The van der Waals surface area contributed by atoms with Gasteiger partial charge in [0.2, 0.25) is 0 Å². The van der Waals surface area contributed by atoms with Gasteiger partial charge in [-0.15, -0.1) is 0 Å². The molecule has 0 saturated heterocycles. The zero-order chi connectivity index (χ0) is 11.6. The van der Waals surface area contributed by atoms with Crippen molar-refractivity contribution in [1.29, 1.82) is 0 Å². The van der Waals surface area contributed by atoms with Gasteiger partial charge in [-0.05, 0) is 24.1 Å². The second kappa shape index (κ2) is 4.37. The highest BCUT2D eigenvalue weighted by Crippen LogP contribution is 2.19. The number of hydrogen-bond donors (Lipinski definition) is 3. The highest BCUT2D eigenvalue weighted by atomic mass is 19.1. The number of carbonyl (C=O) groups is 1. The molecule has 0 aliphatic rings. The summed E-state index contributed by atoms with van der Waals surface area (Å²) < 4.78 is 13.1. The summed E-state index contributed by atoms with van der Waals surface area (Å²) in [7, 11) is 0. The van der Waals surface area contributed by atoms with Crippen LogP contribution in [0.3, 0.4) is 0 Å². The topological polar surface area (TPSA) is 77.8 Å². The molecule has 0 amide bonds. The van der Waals surface area contributed by atoms with Crippen molar-refractivity contribution >= 4 is 5.97 Å². The summed E-state index contributed by atoms with van der Waals surface area (Å²) >= 11 is 0. The van der Waals surface area contributed by atoms with Crippen molar-refractivity contribution in [1.82, 2.24) is 0 Å². The molecule has 0 aliphatic carbocycles. The first-order valence-electron chi connectivity index (χ1n) is 4.28. The van der Waals surface area contributed by atoms with E-state index in [-0.39, 0.29) is 5.56 Å². The van der Waals surface area contributed by atoms with Gasteiger partial charge in [0.15, 0.2) is 6.10 Å². The van der Waals surface area contributed by atoms with Crippen molar-refractivity contribution < 1.29 is 24.5 Å². The van der Waals surface area contributed by atoms with Crippen LogP contribution in [0.15, 0.2) is 18.2 Å². The monoisotopic (exact) mass is 214 g/mol. The lowest BCUT2D eigenvalue weighted by atomic mass is 10.0. The van der Waals surface area contributed by atoms with E-state index in [2.05, 4.69) is 0 Å². The van der Waals surface area contributed by atoms with Gasteiger partial charge in [0.05, 0.1) is 0 Å². The van der Waals surface area contributed by atoms with Crippen LogP contribution in [0.4, 0.5) is 4.39 Å². The number of rotatable bonds is 3. The van der Waals surface area contributed by atoms with Gasteiger partial charge in [-0.3, -0.25) is 0 Å². The minimum atomic E-state index is -1.95. The molecule has 1 rings (SSSR count). The van der Waals surface area contributed by atoms with Crippen LogP contribution < -0.4 is 0 Å². The number of aliphatic carboxylic acids is 1. The maximum absolute atomic E-state index is 13.1. The third-order valence-electron chi connectivity index (χ3n) is 2.09. The molecule has 15 heavy (non-hydrogen) atoms. The zero-order valence-corrected chi connectivity index (χ0v) is 8.01. The van der Waals surface area contributed by atoms with Crippen molar-refractivity contribution in [2.45, 2.75) is 19.1 Å². The Balaban J connectivity index is 2.96. The summed E-state index contributed by atoms with van der Waals surface area (Å²) in [6.45, 7) is 1.54. The summed E-state index contributed by atoms with van der Waals surface area (Å²) in [6, 6.07) is 3.78. The first kappa shape index (κ1) is 11.6. The Labute approximate surface area is 85.6 Å². The number of carboxylic acids is 1. The molecule has 0 fully saturated rings. The summed E-state index contributed by atoms with van der Waals surface area (Å²) in [5.74, 6) is -2.10. The standard InChI is InChI=1S/C10H11FO4/c1-5-2-3-6(4-7(5)11)8(12)9(13)10(14)15/h2-4,8-9,12-13H,1H3,(H,14,15). The van der Waals surface area contributed by atoms with Crippen LogP contribution in [0.25, 0.3) is 0 Å². The van der Waals surface area contributed by atoms with Gasteiger partial charge in [0.25, 0.3) is 0 Å². The normalized spacial score (nSPS) is 14.7. The molecule has 0 aromatic heterocycles. The van der Waals surface area contributed by atoms with E-state index in [4.69, 9.17) is 10.2 Å². The predicted octanol–water partition coefficient (Wildman–Crippen LogP) is 0.613. The molecule has 0 aliphatic heterocycles. The first-order valence-corrected chi connectivity index (χ1v) is 4.28. The quantitative estimate of drug-likeness (QED) is 0.689. The molecule has 2 atom stereocenters. The Morgan fingerprint density at radius 3 is 2.47 bits per heavy atom. The highest BCUT2D eigenvalue weighted by molar-refractivity contribution is 5.73. The van der Waals surface area contributed by atoms with Crippen LogP contribution in [-0.2, 0) is 4.79 Å². The van der Waals surface area contributed by atoms with Crippen LogP contribution in [-0.4, -0.2) is 27.4 Å². The Morgan fingerprint density at radius 1 is 1.40 bits per heavy atom. The van der Waals surface area contributed by atoms with Crippen molar-refractivity contribution in [3.05, 3.63) is 35.1 Å². The Bertz CT molecular complexity index is 378. The van der Waals surface area contributed by atoms with Crippen LogP contribution in [0.2, 0.25) is 0 Å². The molecule has 3 N–H and O–H groups in total. The molecule has 0 spiro atoms. The van der Waals surface area contributed by atoms with E-state index in [1.54, 1.807) is 6.92 Å². The lowest BCUT2D eigenvalue weighted by Gasteiger charge is -2.14. The number of halogens is 1. The van der Waals surface area contributed by atoms with Crippen LogP contribution >= 0.6 is 0 Å². The van der Waals surface area contributed by atoms with Crippen LogP contribution in [0.5, 0.6) is 0 Å². The first-order chi connectivity index (χ1) is 6.93. The summed E-state index contributed by atoms with van der Waals surface area (Å²) in [4.78, 5) is 10.4. The summed E-state index contributed by atoms with van der Waals surface area (Å²) in [5.41, 5.74) is 0.420. The molecular formula is C10H11FO4. The van der Waals surface area contributed by atoms with Crippen LogP contribution in [0, 0.1) is 12.7 Å². The molecule has 1 aromatic rings. The molecule has 0 bridgehead atoms. The van der Waals surface area contributed by atoms with E-state index in [0.717, 1.165) is 6.07 Å². The molecule has 0 saturated carbocycles. The van der Waals surface area contributed by atoms with E-state index in [0.29, 0.717) is 5.56 Å². The number of aliphatic hydroxyl groups excluding tert-OH is 2. The minimum Gasteiger partial charge on any atom is -0.479 e. The van der Waals surface area contributed by atoms with Gasteiger partial charge in [0, 0.05) is 0 Å². The van der Waals surface area contributed by atoms with E-state index in [1.165, 1.54) is 12.1 Å². The second-order valence-electron chi connectivity index (χ2n) is 3.24. The lowest BCUT2D eigenvalue weighted by molar-refractivity contribution is -0.153. The zero-order valence-electron chi connectivity index (χ0n) is 8.01. The second-order valence-corrected chi connectivity index (χ2v) is 3.24. The minimum absolute atomic E-state index is 0.0352. The van der Waals surface area contributed by atoms with Gasteiger partial charge in [0.1, 0.15) is 11.9 Å². The molecule has 0 heterocycles. The Hall–Kier alpha value is -1.46. The third-order valence-corrected chi connectivity index (χ3v) is 2.09. The molecule has 0 radical (unpaired) electrons. The van der Waals surface area contributed by atoms with Gasteiger partial charge >= 0.3 is 5.97 Å². The fourth-order valence-corrected chi connectivity index (χ4v) is 1.11. The molecule has 2 unspecified atom stereocenters. The largest absolute Gasteiger partial charge is 0.479 e. The fourth-order valence-electron chi connectivity index (χ4n) is 1.11. The Morgan fingerprint density at radius 2 is 2.00 bits per heavy atom. The van der Waals surface area contributed by atoms with Crippen molar-refractivity contribution in [2.75, 3.05) is 0 Å². The maximum atomic E-state index is 13.1. The fraction of sp³-hybridized carbons (Fsp3) is 0.300. The van der Waals surface area contributed by atoms with Crippen molar-refractivity contribution in [3.8, 4) is 0 Å². The molecule has 1 aromatic carbocycles. The van der Waals surface area contributed by atoms with Crippen LogP contribution in [0.1, 0.15) is 17.2 Å². The number of aliphatic hydroxyl groups is 2. The molecule has 82 valence electrons. The van der Waals surface area contributed by atoms with Gasteiger partial charge in [-0.2, -0.15) is 0 Å². The van der Waals surface area contributed by atoms with Crippen molar-refractivity contribution in [2.24, 2.45) is 0 Å². The predicted molar refractivity (Wildman–Crippen MR) is 49.7 cm³/mol. The van der Waals surface area contributed by atoms with E-state index < -0.39 is 24.0 Å². The molecule has 4 nitrogen and oxygen atoms in total. The average Bonchev–Trinajstić information content (AvgIpc) is 2.19. The van der Waals surface area contributed by atoms with Gasteiger partial charge < -0.3 is 15.3 Å². The summed E-state index contributed by atoms with van der Waals surface area (Å²) in [5, 5.41) is 26.8. The molecular weight excluding hydrogens is 203 g/mol. The summed E-state index contributed by atoms with van der Waals surface area (Å²) in [6.07, 6.45) is -3.58. The Kier molecular flexibility index (Phi) is 3.39. The van der Waals surface area contributed by atoms with Crippen molar-refractivity contribution in [3.63, 3.8) is 0 Å². The number of carboxylic acid groups (broad SMARTS) is 1. The average molecular weight is 214 g/mol. The number of benzene rings is 1. The smallest absolute Gasteiger partial charge is 0.335 e. The van der Waals surface area contributed by atoms with E-state index in [1.807, 2.05) is 0 Å². The number of aryl methyl sites for hydroxylation is 1. The third kappa shape index (κ3) is 2.51. The SMILES string of the molecule is Cc1ccc(C(O)C(O)C(=O)O)cc1F. The lowest BCUT2D eigenvalue weighted by Crippen LogP contribution is -2.27. The van der Waals surface area contributed by atoms with Gasteiger partial charge in [-0.25, -0.2) is 9.18 Å². The van der Waals surface area contributed by atoms with E-state index in [9.17, 15) is 14.3 Å². The molecule has 5 heteroatoms. The maximum Gasteiger partial charge on any atom is 0.335 e.